The number of fused-ring (bicyclic) bond motifs is 2. The van der Waals surface area contributed by atoms with Gasteiger partial charge in [0, 0.05) is 18.7 Å². The van der Waals surface area contributed by atoms with Gasteiger partial charge in [-0.2, -0.15) is 0 Å². The summed E-state index contributed by atoms with van der Waals surface area (Å²) < 4.78 is 39.7. The van der Waals surface area contributed by atoms with E-state index in [-0.39, 0.29) is 18.6 Å². The second-order valence-electron chi connectivity index (χ2n) is 4.08. The summed E-state index contributed by atoms with van der Waals surface area (Å²) in [5.74, 6) is 1.19. The van der Waals surface area contributed by atoms with E-state index in [1.54, 1.807) is 13.2 Å². The van der Waals surface area contributed by atoms with Crippen LogP contribution in [0.1, 0.15) is 18.1 Å². The highest BCUT2D eigenvalue weighted by Crippen LogP contribution is 2.42. The van der Waals surface area contributed by atoms with Crippen LogP contribution in [0.2, 0.25) is 0 Å². The summed E-state index contributed by atoms with van der Waals surface area (Å²) in [5.41, 5.74) is 0.669. The molecule has 2 heterocycles. The minimum Gasteiger partial charge on any atom is -0.454 e. The summed E-state index contributed by atoms with van der Waals surface area (Å²) in [4.78, 5) is 0.305. The SMILES string of the molecule is COC1CCS(=O)(=O)c2cc3c(cc21)OCO3. The van der Waals surface area contributed by atoms with E-state index in [4.69, 9.17) is 14.2 Å². The Morgan fingerprint density at radius 1 is 1.29 bits per heavy atom. The Labute approximate surface area is 99.2 Å². The summed E-state index contributed by atoms with van der Waals surface area (Å²) in [6.07, 6.45) is 0.286. The monoisotopic (exact) mass is 256 g/mol. The molecule has 17 heavy (non-hydrogen) atoms. The summed E-state index contributed by atoms with van der Waals surface area (Å²) in [6.45, 7) is 0.135. The van der Waals surface area contributed by atoms with E-state index < -0.39 is 9.84 Å². The molecular formula is C11H12O5S. The maximum Gasteiger partial charge on any atom is 0.231 e. The molecule has 0 N–H and O–H groups in total. The van der Waals surface area contributed by atoms with Crippen LogP contribution in [0.4, 0.5) is 0 Å². The molecular weight excluding hydrogens is 244 g/mol. The fraction of sp³-hybridized carbons (Fsp3) is 0.455. The van der Waals surface area contributed by atoms with Gasteiger partial charge < -0.3 is 14.2 Å². The summed E-state index contributed by atoms with van der Waals surface area (Å²) in [5, 5.41) is 0. The van der Waals surface area contributed by atoms with Crippen molar-refractivity contribution < 1.29 is 22.6 Å². The van der Waals surface area contributed by atoms with E-state index in [1.165, 1.54) is 6.07 Å². The average Bonchev–Trinajstić information content (AvgIpc) is 2.74. The molecule has 2 aliphatic heterocycles. The fourth-order valence-corrected chi connectivity index (χ4v) is 3.81. The third-order valence-corrected chi connectivity index (χ3v) is 4.92. The van der Waals surface area contributed by atoms with Crippen LogP contribution >= 0.6 is 0 Å². The largest absolute Gasteiger partial charge is 0.454 e. The third kappa shape index (κ3) is 1.59. The fourth-order valence-electron chi connectivity index (χ4n) is 2.23. The Morgan fingerprint density at radius 2 is 2.00 bits per heavy atom. The Balaban J connectivity index is 2.23. The number of methoxy groups -OCH3 is 1. The number of ether oxygens (including phenoxy) is 3. The van der Waals surface area contributed by atoms with Crippen LogP contribution in [-0.4, -0.2) is 28.1 Å². The lowest BCUT2D eigenvalue weighted by atomic mass is 10.1. The van der Waals surface area contributed by atoms with Gasteiger partial charge in [0.25, 0.3) is 0 Å². The van der Waals surface area contributed by atoms with Gasteiger partial charge >= 0.3 is 0 Å². The summed E-state index contributed by atoms with van der Waals surface area (Å²) in [6, 6.07) is 3.25. The standard InChI is InChI=1S/C11H12O5S/c1-14-8-2-3-17(12,13)11-5-10-9(4-7(8)11)15-6-16-10/h4-5,8H,2-3,6H2,1H3. The third-order valence-electron chi connectivity index (χ3n) is 3.12. The van der Waals surface area contributed by atoms with Gasteiger partial charge in [-0.1, -0.05) is 0 Å². The van der Waals surface area contributed by atoms with Crippen LogP contribution in [0, 0.1) is 0 Å². The molecule has 0 aromatic heterocycles. The molecule has 0 aliphatic carbocycles. The van der Waals surface area contributed by atoms with Gasteiger partial charge in [-0.3, -0.25) is 0 Å². The normalized spacial score (nSPS) is 24.4. The van der Waals surface area contributed by atoms with Crippen LogP contribution in [0.5, 0.6) is 11.5 Å². The first-order chi connectivity index (χ1) is 8.12. The lowest BCUT2D eigenvalue weighted by molar-refractivity contribution is 0.0961. The molecule has 0 amide bonds. The molecule has 3 rings (SSSR count). The van der Waals surface area contributed by atoms with Crippen LogP contribution in [-0.2, 0) is 14.6 Å². The first kappa shape index (κ1) is 10.9. The molecule has 6 heteroatoms. The summed E-state index contributed by atoms with van der Waals surface area (Å²) >= 11 is 0. The zero-order valence-corrected chi connectivity index (χ0v) is 10.1. The van der Waals surface area contributed by atoms with E-state index in [1.807, 2.05) is 0 Å². The van der Waals surface area contributed by atoms with E-state index in [9.17, 15) is 8.42 Å². The average molecular weight is 256 g/mol. The van der Waals surface area contributed by atoms with E-state index >= 15 is 0 Å². The zero-order chi connectivity index (χ0) is 12.0. The molecule has 5 nitrogen and oxygen atoms in total. The van der Waals surface area contributed by atoms with E-state index in [0.29, 0.717) is 28.4 Å². The lowest BCUT2D eigenvalue weighted by Crippen LogP contribution is -2.21. The van der Waals surface area contributed by atoms with Gasteiger partial charge in [0.1, 0.15) is 0 Å². The van der Waals surface area contributed by atoms with E-state index in [0.717, 1.165) is 0 Å². The molecule has 1 unspecified atom stereocenters. The molecule has 0 saturated heterocycles. The van der Waals surface area contributed by atoms with Crippen molar-refractivity contribution in [2.45, 2.75) is 17.4 Å². The highest BCUT2D eigenvalue weighted by molar-refractivity contribution is 7.91. The van der Waals surface area contributed by atoms with Crippen molar-refractivity contribution in [3.8, 4) is 11.5 Å². The quantitative estimate of drug-likeness (QED) is 0.757. The highest BCUT2D eigenvalue weighted by atomic mass is 32.2. The van der Waals surface area contributed by atoms with Crippen LogP contribution in [0.3, 0.4) is 0 Å². The van der Waals surface area contributed by atoms with Crippen molar-refractivity contribution in [2.75, 3.05) is 19.7 Å². The minimum atomic E-state index is -3.22. The van der Waals surface area contributed by atoms with Gasteiger partial charge in [-0.05, 0) is 12.5 Å². The highest BCUT2D eigenvalue weighted by Gasteiger charge is 2.33. The second-order valence-corrected chi connectivity index (χ2v) is 6.15. The van der Waals surface area contributed by atoms with Gasteiger partial charge in [0.2, 0.25) is 6.79 Å². The lowest BCUT2D eigenvalue weighted by Gasteiger charge is -2.24. The molecule has 0 saturated carbocycles. The van der Waals surface area contributed by atoms with Crippen molar-refractivity contribution >= 4 is 9.84 Å². The molecule has 1 atom stereocenters. The van der Waals surface area contributed by atoms with Gasteiger partial charge in [-0.25, -0.2) is 8.42 Å². The number of benzene rings is 1. The van der Waals surface area contributed by atoms with Crippen LogP contribution in [0.15, 0.2) is 17.0 Å². The van der Waals surface area contributed by atoms with Crippen molar-refractivity contribution in [3.05, 3.63) is 17.7 Å². The van der Waals surface area contributed by atoms with Crippen LogP contribution < -0.4 is 9.47 Å². The first-order valence-corrected chi connectivity index (χ1v) is 6.96. The Bertz CT molecular complexity index is 563. The zero-order valence-electron chi connectivity index (χ0n) is 9.30. The molecule has 0 bridgehead atoms. The molecule has 1 aromatic carbocycles. The van der Waals surface area contributed by atoms with Gasteiger partial charge in [0.15, 0.2) is 21.3 Å². The van der Waals surface area contributed by atoms with Gasteiger partial charge in [-0.15, -0.1) is 0 Å². The van der Waals surface area contributed by atoms with Crippen molar-refractivity contribution in [1.82, 2.24) is 0 Å². The molecule has 92 valence electrons. The van der Waals surface area contributed by atoms with Crippen molar-refractivity contribution in [1.29, 1.82) is 0 Å². The maximum absolute atomic E-state index is 12.0. The number of hydrogen-bond donors (Lipinski definition) is 0. The first-order valence-electron chi connectivity index (χ1n) is 5.31. The molecule has 0 fully saturated rings. The Kier molecular flexibility index (Phi) is 2.31. The smallest absolute Gasteiger partial charge is 0.231 e. The molecule has 0 radical (unpaired) electrons. The number of sulfone groups is 1. The van der Waals surface area contributed by atoms with Crippen molar-refractivity contribution in [3.63, 3.8) is 0 Å². The maximum atomic E-state index is 12.0. The minimum absolute atomic E-state index is 0.109. The molecule has 0 spiro atoms. The predicted octanol–water partition coefficient (Wildman–Crippen LogP) is 1.28. The number of rotatable bonds is 1. The number of hydrogen-bond acceptors (Lipinski definition) is 5. The predicted molar refractivity (Wildman–Crippen MR) is 59.0 cm³/mol. The van der Waals surface area contributed by atoms with Gasteiger partial charge in [0.05, 0.1) is 16.8 Å². The van der Waals surface area contributed by atoms with E-state index in [2.05, 4.69) is 0 Å². The molecule has 1 aromatic rings. The van der Waals surface area contributed by atoms with Crippen molar-refractivity contribution in [2.24, 2.45) is 0 Å². The Morgan fingerprint density at radius 3 is 2.71 bits per heavy atom. The topological polar surface area (TPSA) is 61.8 Å². The summed E-state index contributed by atoms with van der Waals surface area (Å²) in [7, 11) is -1.64. The van der Waals surface area contributed by atoms with Crippen LogP contribution in [0.25, 0.3) is 0 Å². The second kappa shape index (κ2) is 3.61. The Hall–Kier alpha value is -1.27. The molecule has 2 aliphatic rings.